The van der Waals surface area contributed by atoms with E-state index in [1.807, 2.05) is 0 Å². The van der Waals surface area contributed by atoms with E-state index >= 15 is 0 Å². The maximum absolute atomic E-state index is 13.0. The van der Waals surface area contributed by atoms with Gasteiger partial charge in [-0.15, -0.1) is 0 Å². The standard InChI is InChI=1S/C26H21F3N4O5S/c1-37-23-15-22(31-25(32-23)38-2)33-39(35,36)19-13-11-18(12-14-19)30-24(34)21-6-4-3-5-20(21)16-7-9-17(10-8-16)26(27,28)29/h3-15H,1-2H3,(H,30,34)(H,31,32,33). The number of halogens is 3. The lowest BCUT2D eigenvalue weighted by atomic mass is 9.98. The van der Waals surface area contributed by atoms with Crippen LogP contribution >= 0.6 is 0 Å². The minimum Gasteiger partial charge on any atom is -0.481 e. The zero-order valence-electron chi connectivity index (χ0n) is 20.5. The molecule has 0 aliphatic carbocycles. The van der Waals surface area contributed by atoms with Crippen molar-refractivity contribution in [2.75, 3.05) is 24.3 Å². The van der Waals surface area contributed by atoms with Gasteiger partial charge in [0, 0.05) is 17.3 Å². The van der Waals surface area contributed by atoms with Crippen molar-refractivity contribution in [3.05, 3.63) is 90.0 Å². The highest BCUT2D eigenvalue weighted by molar-refractivity contribution is 7.92. The molecule has 3 aromatic carbocycles. The van der Waals surface area contributed by atoms with Gasteiger partial charge in [0.05, 0.1) is 24.7 Å². The number of alkyl halides is 3. The molecule has 0 spiro atoms. The minimum atomic E-state index is -4.47. The molecule has 13 heteroatoms. The summed E-state index contributed by atoms with van der Waals surface area (Å²) in [4.78, 5) is 20.7. The number of ether oxygens (including phenoxy) is 2. The van der Waals surface area contributed by atoms with Crippen LogP contribution in [0.25, 0.3) is 11.1 Å². The summed E-state index contributed by atoms with van der Waals surface area (Å²) in [6.07, 6.45) is -4.47. The summed E-state index contributed by atoms with van der Waals surface area (Å²) in [5, 5.41) is 2.67. The van der Waals surface area contributed by atoms with Gasteiger partial charge in [0.25, 0.3) is 15.9 Å². The Morgan fingerprint density at radius 1 is 0.872 bits per heavy atom. The van der Waals surface area contributed by atoms with Crippen LogP contribution in [0.4, 0.5) is 24.7 Å². The number of carbonyl (C=O) groups is 1. The lowest BCUT2D eigenvalue weighted by Gasteiger charge is -2.13. The van der Waals surface area contributed by atoms with Crippen molar-refractivity contribution in [3.8, 4) is 23.0 Å². The SMILES string of the molecule is COc1cc(NS(=O)(=O)c2ccc(NC(=O)c3ccccc3-c3ccc(C(F)(F)F)cc3)cc2)nc(OC)n1. The summed E-state index contributed by atoms with van der Waals surface area (Å²) in [5.74, 6) is -0.510. The predicted octanol–water partition coefficient (Wildman–Crippen LogP) is 5.23. The lowest BCUT2D eigenvalue weighted by molar-refractivity contribution is -0.137. The van der Waals surface area contributed by atoms with Crippen molar-refractivity contribution in [2.24, 2.45) is 0 Å². The van der Waals surface area contributed by atoms with E-state index in [9.17, 15) is 26.4 Å². The van der Waals surface area contributed by atoms with Gasteiger partial charge in [0.1, 0.15) is 0 Å². The third-order valence-electron chi connectivity index (χ3n) is 5.43. The Balaban J connectivity index is 1.51. The van der Waals surface area contributed by atoms with E-state index < -0.39 is 27.7 Å². The molecule has 1 aromatic heterocycles. The second kappa shape index (κ2) is 11.0. The van der Waals surface area contributed by atoms with E-state index in [-0.39, 0.29) is 28.2 Å². The molecule has 0 bridgehead atoms. The largest absolute Gasteiger partial charge is 0.481 e. The molecule has 39 heavy (non-hydrogen) atoms. The third-order valence-corrected chi connectivity index (χ3v) is 6.80. The minimum absolute atomic E-state index is 0.0732. The highest BCUT2D eigenvalue weighted by Crippen LogP contribution is 2.32. The molecule has 0 fully saturated rings. The summed E-state index contributed by atoms with van der Waals surface area (Å²) < 4.78 is 76.7. The number of carbonyl (C=O) groups excluding carboxylic acids is 1. The van der Waals surface area contributed by atoms with Gasteiger partial charge in [-0.3, -0.25) is 9.52 Å². The van der Waals surface area contributed by atoms with E-state index in [4.69, 9.17) is 9.47 Å². The van der Waals surface area contributed by atoms with Gasteiger partial charge in [-0.25, -0.2) is 8.42 Å². The summed E-state index contributed by atoms with van der Waals surface area (Å²) in [6, 6.07) is 17.5. The average molecular weight is 559 g/mol. The highest BCUT2D eigenvalue weighted by atomic mass is 32.2. The average Bonchev–Trinajstić information content (AvgIpc) is 2.92. The molecule has 0 aliphatic heterocycles. The molecule has 2 N–H and O–H groups in total. The highest BCUT2D eigenvalue weighted by Gasteiger charge is 2.30. The van der Waals surface area contributed by atoms with E-state index in [2.05, 4.69) is 20.0 Å². The molecular formula is C26H21F3N4O5S. The number of aromatic nitrogens is 2. The summed E-state index contributed by atoms with van der Waals surface area (Å²) in [6.45, 7) is 0. The van der Waals surface area contributed by atoms with E-state index in [1.165, 1.54) is 62.8 Å². The molecule has 0 saturated carbocycles. The summed E-state index contributed by atoms with van der Waals surface area (Å²) in [5.41, 5.74) is 0.589. The second-order valence-corrected chi connectivity index (χ2v) is 9.67. The molecule has 0 aliphatic rings. The van der Waals surface area contributed by atoms with Crippen molar-refractivity contribution in [1.29, 1.82) is 0 Å². The lowest BCUT2D eigenvalue weighted by Crippen LogP contribution is -2.15. The number of methoxy groups -OCH3 is 2. The van der Waals surface area contributed by atoms with Gasteiger partial charge in [0.15, 0.2) is 5.82 Å². The summed E-state index contributed by atoms with van der Waals surface area (Å²) in [7, 11) is -1.38. The molecule has 0 atom stereocenters. The van der Waals surface area contributed by atoms with Crippen molar-refractivity contribution in [1.82, 2.24) is 9.97 Å². The van der Waals surface area contributed by atoms with Crippen molar-refractivity contribution in [2.45, 2.75) is 11.1 Å². The molecule has 1 heterocycles. The van der Waals surface area contributed by atoms with E-state index in [0.29, 0.717) is 16.8 Å². The summed E-state index contributed by atoms with van der Waals surface area (Å²) >= 11 is 0. The van der Waals surface area contributed by atoms with Crippen LogP contribution in [0.1, 0.15) is 15.9 Å². The Bertz CT molecular complexity index is 1570. The maximum Gasteiger partial charge on any atom is 0.416 e. The fourth-order valence-corrected chi connectivity index (χ4v) is 4.53. The van der Waals surface area contributed by atoms with Gasteiger partial charge < -0.3 is 14.8 Å². The Labute approximate surface area is 221 Å². The Morgan fingerprint density at radius 3 is 2.15 bits per heavy atom. The smallest absolute Gasteiger partial charge is 0.416 e. The Kier molecular flexibility index (Phi) is 7.72. The Morgan fingerprint density at radius 2 is 1.54 bits per heavy atom. The molecule has 0 radical (unpaired) electrons. The topological polar surface area (TPSA) is 120 Å². The molecule has 0 saturated heterocycles. The zero-order chi connectivity index (χ0) is 28.2. The van der Waals surface area contributed by atoms with Crippen LogP contribution in [-0.4, -0.2) is 38.5 Å². The van der Waals surface area contributed by atoms with Crippen molar-refractivity contribution >= 4 is 27.4 Å². The first kappa shape index (κ1) is 27.4. The van der Waals surface area contributed by atoms with E-state index in [0.717, 1.165) is 12.1 Å². The number of anilines is 2. The van der Waals surface area contributed by atoms with Gasteiger partial charge in [-0.2, -0.15) is 23.1 Å². The van der Waals surface area contributed by atoms with Crippen LogP contribution in [-0.2, 0) is 16.2 Å². The number of hydrogen-bond acceptors (Lipinski definition) is 7. The van der Waals surface area contributed by atoms with Gasteiger partial charge >= 0.3 is 12.2 Å². The van der Waals surface area contributed by atoms with Crippen LogP contribution in [0.2, 0.25) is 0 Å². The number of hydrogen-bond donors (Lipinski definition) is 2. The van der Waals surface area contributed by atoms with Gasteiger partial charge in [0.2, 0.25) is 5.88 Å². The number of sulfonamides is 1. The molecular weight excluding hydrogens is 537 g/mol. The van der Waals surface area contributed by atoms with Crippen LogP contribution < -0.4 is 19.5 Å². The van der Waals surface area contributed by atoms with Crippen LogP contribution in [0.5, 0.6) is 11.9 Å². The molecule has 4 aromatic rings. The van der Waals surface area contributed by atoms with Gasteiger partial charge in [-0.1, -0.05) is 30.3 Å². The molecule has 4 rings (SSSR count). The monoisotopic (exact) mass is 558 g/mol. The van der Waals surface area contributed by atoms with Crippen LogP contribution in [0, 0.1) is 0 Å². The third kappa shape index (κ3) is 6.44. The van der Waals surface area contributed by atoms with Crippen molar-refractivity contribution in [3.63, 3.8) is 0 Å². The molecule has 202 valence electrons. The zero-order valence-corrected chi connectivity index (χ0v) is 21.3. The fourth-order valence-electron chi connectivity index (χ4n) is 3.54. The fraction of sp³-hybridized carbons (Fsp3) is 0.115. The number of nitrogens with one attached hydrogen (secondary N) is 2. The van der Waals surface area contributed by atoms with Crippen LogP contribution in [0.15, 0.2) is 83.8 Å². The van der Waals surface area contributed by atoms with Gasteiger partial charge in [-0.05, 0) is 53.6 Å². The first-order valence-corrected chi connectivity index (χ1v) is 12.7. The first-order valence-electron chi connectivity index (χ1n) is 11.2. The Hall–Kier alpha value is -4.65. The molecule has 1 amide bonds. The quantitative estimate of drug-likeness (QED) is 0.304. The van der Waals surface area contributed by atoms with Crippen molar-refractivity contribution < 1.29 is 35.9 Å². The number of rotatable bonds is 8. The first-order chi connectivity index (χ1) is 18.5. The number of nitrogens with zero attached hydrogens (tertiary/aromatic N) is 2. The number of amides is 1. The second-order valence-electron chi connectivity index (χ2n) is 7.99. The molecule has 0 unspecified atom stereocenters. The van der Waals surface area contributed by atoms with E-state index in [1.54, 1.807) is 18.2 Å². The predicted molar refractivity (Wildman–Crippen MR) is 137 cm³/mol. The van der Waals surface area contributed by atoms with Crippen LogP contribution in [0.3, 0.4) is 0 Å². The number of benzene rings is 3. The normalized spacial score (nSPS) is 11.5. The maximum atomic E-state index is 13.0. The molecule has 9 nitrogen and oxygen atoms in total.